The zero-order valence-corrected chi connectivity index (χ0v) is 13.1. The number of nitrogens with one attached hydrogen (secondary N) is 1. The molecule has 0 aliphatic carbocycles. The topological polar surface area (TPSA) is 12.0 Å². The van der Waals surface area contributed by atoms with Gasteiger partial charge >= 0.3 is 0 Å². The van der Waals surface area contributed by atoms with Crippen molar-refractivity contribution in [1.82, 2.24) is 5.32 Å². The molecule has 0 aromatic heterocycles. The van der Waals surface area contributed by atoms with Crippen molar-refractivity contribution in [3.63, 3.8) is 0 Å². The molecule has 1 unspecified atom stereocenters. The van der Waals surface area contributed by atoms with Crippen molar-refractivity contribution in [3.8, 4) is 0 Å². The fraction of sp³-hybridized carbons (Fsp3) is 0.333. The van der Waals surface area contributed by atoms with Crippen molar-refractivity contribution in [2.75, 3.05) is 13.1 Å². The molecule has 1 atom stereocenters. The summed E-state index contributed by atoms with van der Waals surface area (Å²) in [5.74, 6) is 0.683. The van der Waals surface area contributed by atoms with E-state index >= 15 is 0 Å². The lowest BCUT2D eigenvalue weighted by molar-refractivity contribution is 0.521. The Morgan fingerprint density at radius 2 is 1.60 bits per heavy atom. The molecule has 0 fully saturated rings. The van der Waals surface area contributed by atoms with Crippen molar-refractivity contribution >= 4 is 11.8 Å². The molecule has 0 bridgehead atoms. The van der Waals surface area contributed by atoms with E-state index in [-0.39, 0.29) is 0 Å². The van der Waals surface area contributed by atoms with Gasteiger partial charge in [0.15, 0.2) is 0 Å². The zero-order valence-electron chi connectivity index (χ0n) is 12.3. The van der Waals surface area contributed by atoms with Gasteiger partial charge < -0.3 is 5.32 Å². The highest BCUT2D eigenvalue weighted by Gasteiger charge is 2.03. The third-order valence-corrected chi connectivity index (χ3v) is 4.24. The number of rotatable bonds is 7. The second-order valence-corrected chi connectivity index (χ2v) is 6.32. The first-order valence-corrected chi connectivity index (χ1v) is 8.12. The summed E-state index contributed by atoms with van der Waals surface area (Å²) in [4.78, 5) is 2.60. The molecular formula is C18H23NS. The molecule has 0 saturated heterocycles. The van der Waals surface area contributed by atoms with Crippen LogP contribution < -0.4 is 5.32 Å². The molecule has 1 nitrogen and oxygen atoms in total. The van der Waals surface area contributed by atoms with Crippen molar-refractivity contribution in [1.29, 1.82) is 0 Å². The van der Waals surface area contributed by atoms with Crippen LogP contribution in [-0.4, -0.2) is 13.1 Å². The molecule has 2 rings (SSSR count). The van der Waals surface area contributed by atoms with Crippen molar-refractivity contribution < 1.29 is 0 Å². The first-order valence-electron chi connectivity index (χ1n) is 7.30. The summed E-state index contributed by atoms with van der Waals surface area (Å²) in [5, 5.41) is 3.41. The lowest BCUT2D eigenvalue weighted by Gasteiger charge is -2.12. The van der Waals surface area contributed by atoms with Crippen LogP contribution in [0.2, 0.25) is 0 Å². The maximum absolute atomic E-state index is 3.41. The van der Waals surface area contributed by atoms with Crippen molar-refractivity contribution in [2.24, 2.45) is 5.92 Å². The predicted molar refractivity (Wildman–Crippen MR) is 88.4 cm³/mol. The van der Waals surface area contributed by atoms with Crippen LogP contribution in [0, 0.1) is 5.92 Å². The lowest BCUT2D eigenvalue weighted by Crippen LogP contribution is -2.21. The Bertz CT molecular complexity index is 493. The Kier molecular flexibility index (Phi) is 6.16. The number of benzene rings is 2. The quantitative estimate of drug-likeness (QED) is 0.796. The Balaban J connectivity index is 1.89. The minimum atomic E-state index is 0.683. The van der Waals surface area contributed by atoms with E-state index in [1.165, 1.54) is 15.4 Å². The van der Waals surface area contributed by atoms with Crippen LogP contribution in [0.3, 0.4) is 0 Å². The van der Waals surface area contributed by atoms with Crippen LogP contribution in [0.15, 0.2) is 64.4 Å². The molecule has 0 heterocycles. The average Bonchev–Trinajstić information content (AvgIpc) is 2.48. The van der Waals surface area contributed by atoms with E-state index in [1.54, 1.807) is 0 Å². The maximum Gasteiger partial charge on any atom is 0.0122 e. The third kappa shape index (κ3) is 5.03. The molecule has 0 saturated carbocycles. The van der Waals surface area contributed by atoms with Gasteiger partial charge in [0.2, 0.25) is 0 Å². The van der Waals surface area contributed by atoms with E-state index in [0.717, 1.165) is 19.5 Å². The Morgan fingerprint density at radius 1 is 0.950 bits per heavy atom. The maximum atomic E-state index is 3.41. The van der Waals surface area contributed by atoms with E-state index in [1.807, 2.05) is 11.8 Å². The summed E-state index contributed by atoms with van der Waals surface area (Å²) in [5.41, 5.74) is 1.42. The fourth-order valence-electron chi connectivity index (χ4n) is 2.18. The van der Waals surface area contributed by atoms with E-state index in [0.29, 0.717) is 5.92 Å². The molecule has 0 aliphatic rings. The second-order valence-electron chi connectivity index (χ2n) is 5.18. The molecule has 2 aromatic rings. The molecule has 0 spiro atoms. The molecule has 2 heteroatoms. The highest BCUT2D eigenvalue weighted by atomic mass is 32.2. The van der Waals surface area contributed by atoms with E-state index in [2.05, 4.69) is 73.8 Å². The van der Waals surface area contributed by atoms with Crippen LogP contribution >= 0.6 is 11.8 Å². The van der Waals surface area contributed by atoms with Crippen molar-refractivity contribution in [3.05, 3.63) is 60.2 Å². The summed E-state index contributed by atoms with van der Waals surface area (Å²) in [7, 11) is 0. The van der Waals surface area contributed by atoms with Crippen LogP contribution in [-0.2, 0) is 6.42 Å². The second kappa shape index (κ2) is 8.13. The normalized spacial score (nSPS) is 12.3. The highest BCUT2D eigenvalue weighted by molar-refractivity contribution is 7.99. The minimum Gasteiger partial charge on any atom is -0.317 e. The van der Waals surface area contributed by atoms with Gasteiger partial charge in [-0.1, -0.05) is 55.9 Å². The molecule has 20 heavy (non-hydrogen) atoms. The summed E-state index contributed by atoms with van der Waals surface area (Å²) in [6.07, 6.45) is 1.14. The lowest BCUT2D eigenvalue weighted by atomic mass is 10.0. The van der Waals surface area contributed by atoms with Crippen LogP contribution in [0.5, 0.6) is 0 Å². The zero-order chi connectivity index (χ0) is 14.2. The Morgan fingerprint density at radius 3 is 2.25 bits per heavy atom. The molecule has 2 aromatic carbocycles. The summed E-state index contributed by atoms with van der Waals surface area (Å²) in [6.45, 7) is 6.60. The smallest absolute Gasteiger partial charge is 0.0122 e. The van der Waals surface area contributed by atoms with Gasteiger partial charge in [-0.3, -0.25) is 0 Å². The minimum absolute atomic E-state index is 0.683. The summed E-state index contributed by atoms with van der Waals surface area (Å²) < 4.78 is 0. The summed E-state index contributed by atoms with van der Waals surface area (Å²) >= 11 is 1.82. The standard InChI is InChI=1S/C18H23NS/c1-3-19-14-15(2)13-16-9-11-18(12-10-16)20-17-7-5-4-6-8-17/h4-12,15,19H,3,13-14H2,1-2H3. The first kappa shape index (κ1) is 15.1. The van der Waals surface area contributed by atoms with Gasteiger partial charge in [0.05, 0.1) is 0 Å². The highest BCUT2D eigenvalue weighted by Crippen LogP contribution is 2.27. The number of hydrogen-bond donors (Lipinski definition) is 1. The molecule has 0 aliphatic heterocycles. The molecule has 1 N–H and O–H groups in total. The van der Waals surface area contributed by atoms with Gasteiger partial charge in [-0.2, -0.15) is 0 Å². The molecular weight excluding hydrogens is 262 g/mol. The van der Waals surface area contributed by atoms with E-state index in [9.17, 15) is 0 Å². The predicted octanol–water partition coefficient (Wildman–Crippen LogP) is 4.63. The Hall–Kier alpha value is -1.25. The third-order valence-electron chi connectivity index (χ3n) is 3.23. The van der Waals surface area contributed by atoms with Crippen LogP contribution in [0.4, 0.5) is 0 Å². The van der Waals surface area contributed by atoms with Gasteiger partial charge in [-0.15, -0.1) is 0 Å². The molecule has 0 radical (unpaired) electrons. The fourth-order valence-corrected chi connectivity index (χ4v) is 3.02. The Labute approximate surface area is 126 Å². The van der Waals surface area contributed by atoms with Gasteiger partial charge in [-0.05, 0) is 55.3 Å². The first-order chi connectivity index (χ1) is 9.78. The van der Waals surface area contributed by atoms with Crippen molar-refractivity contribution in [2.45, 2.75) is 30.1 Å². The van der Waals surface area contributed by atoms with Crippen LogP contribution in [0.25, 0.3) is 0 Å². The average molecular weight is 285 g/mol. The van der Waals surface area contributed by atoms with Gasteiger partial charge in [0.25, 0.3) is 0 Å². The molecule has 0 amide bonds. The van der Waals surface area contributed by atoms with Gasteiger partial charge in [-0.25, -0.2) is 0 Å². The van der Waals surface area contributed by atoms with E-state index in [4.69, 9.17) is 0 Å². The van der Waals surface area contributed by atoms with Gasteiger partial charge in [0, 0.05) is 9.79 Å². The molecule has 106 valence electrons. The number of hydrogen-bond acceptors (Lipinski definition) is 2. The SMILES string of the molecule is CCNCC(C)Cc1ccc(Sc2ccccc2)cc1. The van der Waals surface area contributed by atoms with Crippen LogP contribution in [0.1, 0.15) is 19.4 Å². The largest absolute Gasteiger partial charge is 0.317 e. The van der Waals surface area contributed by atoms with Gasteiger partial charge in [0.1, 0.15) is 0 Å². The monoisotopic (exact) mass is 285 g/mol. The summed E-state index contributed by atoms with van der Waals surface area (Å²) in [6, 6.07) is 19.5. The van der Waals surface area contributed by atoms with E-state index < -0.39 is 0 Å².